The first-order chi connectivity index (χ1) is 5.24. The van der Waals surface area contributed by atoms with Crippen LogP contribution in [0, 0.1) is 0 Å². The molecule has 1 saturated heterocycles. The smallest absolute Gasteiger partial charge is 0.409 e. The van der Waals surface area contributed by atoms with Gasteiger partial charge >= 0.3 is 6.09 Å². The number of carbonyl (C=O) groups excluding carboxylic acids is 1. The third kappa shape index (κ3) is 2.06. The fourth-order valence-electron chi connectivity index (χ4n) is 1.10. The van der Waals surface area contributed by atoms with E-state index in [4.69, 9.17) is 4.74 Å². The van der Waals surface area contributed by atoms with E-state index in [0.717, 1.165) is 0 Å². The molecule has 0 N–H and O–H groups in total. The molecule has 4 heteroatoms. The van der Waals surface area contributed by atoms with Gasteiger partial charge in [-0.15, -0.1) is 0 Å². The van der Waals surface area contributed by atoms with Crippen LogP contribution in [0.4, 0.5) is 9.18 Å². The lowest BCUT2D eigenvalue weighted by Crippen LogP contribution is -2.29. The van der Waals surface area contributed by atoms with Crippen LogP contribution in [-0.2, 0) is 4.74 Å². The number of hydrogen-bond acceptors (Lipinski definition) is 2. The van der Waals surface area contributed by atoms with E-state index in [2.05, 4.69) is 0 Å². The molecule has 1 fully saturated rings. The van der Waals surface area contributed by atoms with E-state index in [1.165, 1.54) is 4.90 Å². The number of ether oxygens (including phenoxy) is 1. The molecule has 0 aromatic rings. The van der Waals surface area contributed by atoms with Gasteiger partial charge in [0.2, 0.25) is 0 Å². The van der Waals surface area contributed by atoms with E-state index < -0.39 is 12.3 Å². The Bertz CT molecular complexity index is 151. The summed E-state index contributed by atoms with van der Waals surface area (Å²) in [7, 11) is 0. The molecule has 0 bridgehead atoms. The minimum absolute atomic E-state index is 0.193. The minimum Gasteiger partial charge on any atom is -0.450 e. The van der Waals surface area contributed by atoms with Crippen LogP contribution in [0.2, 0.25) is 0 Å². The normalized spacial score (nSPS) is 23.8. The summed E-state index contributed by atoms with van der Waals surface area (Å²) in [5.74, 6) is 0. The maximum atomic E-state index is 12.5. The Labute approximate surface area is 65.1 Å². The lowest BCUT2D eigenvalue weighted by atomic mass is 10.3. The second kappa shape index (κ2) is 3.55. The molecule has 1 unspecified atom stereocenters. The Hall–Kier alpha value is -0.800. The number of likely N-dealkylation sites (tertiary alicyclic amines) is 1. The van der Waals surface area contributed by atoms with Gasteiger partial charge in [-0.25, -0.2) is 9.18 Å². The van der Waals surface area contributed by atoms with Gasteiger partial charge in [0.15, 0.2) is 0 Å². The highest BCUT2D eigenvalue weighted by atomic mass is 19.1. The van der Waals surface area contributed by atoms with E-state index >= 15 is 0 Å². The Morgan fingerprint density at radius 1 is 1.82 bits per heavy atom. The molecule has 1 atom stereocenters. The quantitative estimate of drug-likeness (QED) is 0.578. The fourth-order valence-corrected chi connectivity index (χ4v) is 1.10. The molecule has 0 aromatic carbocycles. The van der Waals surface area contributed by atoms with Crippen molar-refractivity contribution >= 4 is 6.09 Å². The number of nitrogens with zero attached hydrogens (tertiary/aromatic N) is 1. The Morgan fingerprint density at radius 2 is 2.55 bits per heavy atom. The zero-order valence-electron chi connectivity index (χ0n) is 6.55. The summed E-state index contributed by atoms with van der Waals surface area (Å²) in [4.78, 5) is 12.3. The molecule has 1 rings (SSSR count). The van der Waals surface area contributed by atoms with Gasteiger partial charge in [-0.05, 0) is 13.3 Å². The molecule has 11 heavy (non-hydrogen) atoms. The summed E-state index contributed by atoms with van der Waals surface area (Å²) < 4.78 is 17.2. The van der Waals surface area contributed by atoms with Crippen LogP contribution < -0.4 is 0 Å². The molecule has 1 heterocycles. The van der Waals surface area contributed by atoms with Crippen molar-refractivity contribution in [2.75, 3.05) is 19.7 Å². The first-order valence-corrected chi connectivity index (χ1v) is 3.79. The standard InChI is InChI=1S/C7H12FNO2/c1-2-11-7(10)9-4-3-6(8)5-9/h6H,2-5H2,1H3. The van der Waals surface area contributed by atoms with Gasteiger partial charge in [-0.3, -0.25) is 0 Å². The van der Waals surface area contributed by atoms with Crippen LogP contribution in [0.5, 0.6) is 0 Å². The van der Waals surface area contributed by atoms with Crippen molar-refractivity contribution in [1.82, 2.24) is 4.90 Å². The van der Waals surface area contributed by atoms with Gasteiger partial charge in [-0.1, -0.05) is 0 Å². The van der Waals surface area contributed by atoms with Crippen molar-refractivity contribution in [2.24, 2.45) is 0 Å². The van der Waals surface area contributed by atoms with Crippen LogP contribution in [-0.4, -0.2) is 36.9 Å². The van der Waals surface area contributed by atoms with Crippen molar-refractivity contribution < 1.29 is 13.9 Å². The molecule has 0 spiro atoms. The molecule has 0 radical (unpaired) electrons. The van der Waals surface area contributed by atoms with Gasteiger partial charge < -0.3 is 9.64 Å². The third-order valence-electron chi connectivity index (χ3n) is 1.66. The van der Waals surface area contributed by atoms with Gasteiger partial charge in [0.05, 0.1) is 13.2 Å². The minimum atomic E-state index is -0.862. The summed E-state index contributed by atoms with van der Waals surface area (Å²) in [5.41, 5.74) is 0. The van der Waals surface area contributed by atoms with Gasteiger partial charge in [0, 0.05) is 6.54 Å². The van der Waals surface area contributed by atoms with Gasteiger partial charge in [-0.2, -0.15) is 0 Å². The monoisotopic (exact) mass is 161 g/mol. The van der Waals surface area contributed by atoms with Gasteiger partial charge in [0.1, 0.15) is 6.17 Å². The van der Waals surface area contributed by atoms with E-state index in [1.54, 1.807) is 6.92 Å². The predicted octanol–water partition coefficient (Wildman–Crippen LogP) is 1.19. The zero-order valence-corrected chi connectivity index (χ0v) is 6.55. The SMILES string of the molecule is CCOC(=O)N1CCC(F)C1. The lowest BCUT2D eigenvalue weighted by molar-refractivity contribution is 0.113. The molecule has 1 aliphatic rings. The summed E-state index contributed by atoms with van der Waals surface area (Å²) >= 11 is 0. The average Bonchev–Trinajstić information content (AvgIpc) is 2.36. The number of amides is 1. The molecule has 1 amide bonds. The van der Waals surface area contributed by atoms with Crippen LogP contribution in [0.3, 0.4) is 0 Å². The van der Waals surface area contributed by atoms with Crippen molar-refractivity contribution in [1.29, 1.82) is 0 Å². The van der Waals surface area contributed by atoms with E-state index in [-0.39, 0.29) is 6.54 Å². The number of alkyl halides is 1. The highest BCUT2D eigenvalue weighted by molar-refractivity contribution is 5.67. The van der Waals surface area contributed by atoms with Gasteiger partial charge in [0.25, 0.3) is 0 Å². The molecule has 0 aromatic heterocycles. The Balaban J connectivity index is 2.31. The number of hydrogen-bond donors (Lipinski definition) is 0. The lowest BCUT2D eigenvalue weighted by Gasteiger charge is -2.13. The van der Waals surface area contributed by atoms with E-state index in [0.29, 0.717) is 19.6 Å². The van der Waals surface area contributed by atoms with Crippen LogP contribution in [0.25, 0.3) is 0 Å². The van der Waals surface area contributed by atoms with Crippen molar-refractivity contribution in [3.63, 3.8) is 0 Å². The Morgan fingerprint density at radius 3 is 3.00 bits per heavy atom. The molecule has 64 valence electrons. The highest BCUT2D eigenvalue weighted by Crippen LogP contribution is 2.12. The highest BCUT2D eigenvalue weighted by Gasteiger charge is 2.26. The zero-order chi connectivity index (χ0) is 8.27. The largest absolute Gasteiger partial charge is 0.450 e. The first-order valence-electron chi connectivity index (χ1n) is 3.79. The second-order valence-electron chi connectivity index (χ2n) is 2.53. The molecule has 3 nitrogen and oxygen atoms in total. The van der Waals surface area contributed by atoms with Crippen molar-refractivity contribution in [3.05, 3.63) is 0 Å². The van der Waals surface area contributed by atoms with Crippen molar-refractivity contribution in [3.8, 4) is 0 Å². The molecule has 1 aliphatic heterocycles. The summed E-state index contributed by atoms with van der Waals surface area (Å²) in [6, 6.07) is 0. The fraction of sp³-hybridized carbons (Fsp3) is 0.857. The Kier molecular flexibility index (Phi) is 2.68. The summed E-state index contributed by atoms with van der Waals surface area (Å²) in [5, 5.41) is 0. The van der Waals surface area contributed by atoms with Crippen LogP contribution >= 0.6 is 0 Å². The maximum absolute atomic E-state index is 12.5. The second-order valence-corrected chi connectivity index (χ2v) is 2.53. The van der Waals surface area contributed by atoms with Crippen LogP contribution in [0.15, 0.2) is 0 Å². The number of carbonyl (C=O) groups is 1. The number of rotatable bonds is 1. The first kappa shape index (κ1) is 8.30. The van der Waals surface area contributed by atoms with Crippen molar-refractivity contribution in [2.45, 2.75) is 19.5 Å². The third-order valence-corrected chi connectivity index (χ3v) is 1.66. The predicted molar refractivity (Wildman–Crippen MR) is 38.1 cm³/mol. The van der Waals surface area contributed by atoms with E-state index in [9.17, 15) is 9.18 Å². The molecule has 0 saturated carbocycles. The maximum Gasteiger partial charge on any atom is 0.409 e. The molecular formula is C7H12FNO2. The average molecular weight is 161 g/mol. The van der Waals surface area contributed by atoms with E-state index in [1.807, 2.05) is 0 Å². The van der Waals surface area contributed by atoms with Crippen LogP contribution in [0.1, 0.15) is 13.3 Å². The topological polar surface area (TPSA) is 29.5 Å². The summed E-state index contributed by atoms with van der Waals surface area (Å²) in [6.45, 7) is 2.77. The molecule has 0 aliphatic carbocycles. The summed E-state index contributed by atoms with van der Waals surface area (Å²) in [6.07, 6.45) is -0.814. The number of halogens is 1. The molecular weight excluding hydrogens is 149 g/mol.